The van der Waals surface area contributed by atoms with E-state index in [2.05, 4.69) is 11.9 Å². The Balaban J connectivity index is 2.90. The van der Waals surface area contributed by atoms with Crippen molar-refractivity contribution < 1.29 is 8.42 Å². The van der Waals surface area contributed by atoms with Crippen molar-refractivity contribution in [1.82, 2.24) is 4.98 Å². The Morgan fingerprint density at radius 2 is 2.13 bits per heavy atom. The second-order valence-corrected chi connectivity index (χ2v) is 5.56. The molecule has 1 rings (SSSR count). The van der Waals surface area contributed by atoms with Gasteiger partial charge in [-0.15, -0.1) is 0 Å². The monoisotopic (exact) mass is 228 g/mol. The SMILES string of the molecule is CCC[C@H](N)c1ccc(S(C)(=O)=O)nc1. The molecule has 0 radical (unpaired) electrons. The average molecular weight is 228 g/mol. The molecule has 0 fully saturated rings. The van der Waals surface area contributed by atoms with Crippen molar-refractivity contribution >= 4 is 9.84 Å². The van der Waals surface area contributed by atoms with Gasteiger partial charge in [-0.2, -0.15) is 0 Å². The third-order valence-corrected chi connectivity index (χ3v) is 3.17. The number of rotatable bonds is 4. The smallest absolute Gasteiger partial charge is 0.192 e. The van der Waals surface area contributed by atoms with E-state index >= 15 is 0 Å². The Hall–Kier alpha value is -0.940. The Morgan fingerprint density at radius 1 is 1.47 bits per heavy atom. The Bertz CT molecular complexity index is 412. The van der Waals surface area contributed by atoms with Crippen LogP contribution in [0.3, 0.4) is 0 Å². The lowest BCUT2D eigenvalue weighted by atomic mass is 10.1. The molecule has 0 aromatic carbocycles. The fraction of sp³-hybridized carbons (Fsp3) is 0.500. The molecule has 1 atom stereocenters. The average Bonchev–Trinajstić information content (AvgIpc) is 2.17. The molecular formula is C10H16N2O2S. The van der Waals surface area contributed by atoms with Crippen molar-refractivity contribution in [3.8, 4) is 0 Å². The van der Waals surface area contributed by atoms with E-state index in [4.69, 9.17) is 5.73 Å². The molecule has 5 heteroatoms. The van der Waals surface area contributed by atoms with Crippen molar-refractivity contribution in [3.05, 3.63) is 23.9 Å². The van der Waals surface area contributed by atoms with Crippen molar-refractivity contribution in [2.45, 2.75) is 30.8 Å². The summed E-state index contributed by atoms with van der Waals surface area (Å²) in [6, 6.07) is 3.17. The van der Waals surface area contributed by atoms with Gasteiger partial charge in [0.2, 0.25) is 0 Å². The highest BCUT2D eigenvalue weighted by atomic mass is 32.2. The molecule has 0 saturated carbocycles. The van der Waals surface area contributed by atoms with Gasteiger partial charge in [0.25, 0.3) is 0 Å². The van der Waals surface area contributed by atoms with Gasteiger partial charge in [0.15, 0.2) is 14.9 Å². The zero-order valence-electron chi connectivity index (χ0n) is 8.97. The summed E-state index contributed by atoms with van der Waals surface area (Å²) in [5.74, 6) is 0. The molecule has 0 aliphatic rings. The van der Waals surface area contributed by atoms with E-state index in [1.54, 1.807) is 6.07 Å². The van der Waals surface area contributed by atoms with Crippen molar-refractivity contribution in [3.63, 3.8) is 0 Å². The van der Waals surface area contributed by atoms with E-state index in [-0.39, 0.29) is 11.1 Å². The lowest BCUT2D eigenvalue weighted by Gasteiger charge is -2.10. The zero-order valence-corrected chi connectivity index (χ0v) is 9.79. The summed E-state index contributed by atoms with van der Waals surface area (Å²) < 4.78 is 22.3. The molecule has 2 N–H and O–H groups in total. The molecule has 1 aromatic heterocycles. The lowest BCUT2D eigenvalue weighted by molar-refractivity contribution is 0.597. The summed E-state index contributed by atoms with van der Waals surface area (Å²) in [6.45, 7) is 2.05. The van der Waals surface area contributed by atoms with Crippen LogP contribution in [0.25, 0.3) is 0 Å². The maximum atomic E-state index is 11.1. The van der Waals surface area contributed by atoms with Crippen molar-refractivity contribution in [2.75, 3.05) is 6.26 Å². The molecule has 0 bridgehead atoms. The number of pyridine rings is 1. The molecule has 0 spiro atoms. The highest BCUT2D eigenvalue weighted by Crippen LogP contribution is 2.15. The molecule has 0 unspecified atom stereocenters. The maximum absolute atomic E-state index is 11.1. The molecule has 15 heavy (non-hydrogen) atoms. The zero-order chi connectivity index (χ0) is 11.5. The number of nitrogens with zero attached hydrogens (tertiary/aromatic N) is 1. The number of hydrogen-bond donors (Lipinski definition) is 1. The van der Waals surface area contributed by atoms with Gasteiger partial charge in [-0.05, 0) is 18.1 Å². The van der Waals surface area contributed by atoms with E-state index in [0.29, 0.717) is 0 Å². The topological polar surface area (TPSA) is 73.1 Å². The van der Waals surface area contributed by atoms with Crippen LogP contribution in [0, 0.1) is 0 Å². The second-order valence-electron chi connectivity index (χ2n) is 3.60. The molecule has 0 saturated heterocycles. The van der Waals surface area contributed by atoms with Crippen molar-refractivity contribution in [2.24, 2.45) is 5.73 Å². The highest BCUT2D eigenvalue weighted by molar-refractivity contribution is 7.90. The lowest BCUT2D eigenvalue weighted by Crippen LogP contribution is -2.10. The Morgan fingerprint density at radius 3 is 2.53 bits per heavy atom. The standard InChI is InChI=1S/C10H16N2O2S/c1-3-4-9(11)8-5-6-10(12-7-8)15(2,13)14/h5-7,9H,3-4,11H2,1-2H3/t9-/m0/s1. The summed E-state index contributed by atoms with van der Waals surface area (Å²) in [5, 5.41) is 0.0925. The maximum Gasteiger partial charge on any atom is 0.192 e. The van der Waals surface area contributed by atoms with E-state index in [9.17, 15) is 8.42 Å². The third kappa shape index (κ3) is 3.28. The molecule has 0 amide bonds. The second kappa shape index (κ2) is 4.72. The number of aromatic nitrogens is 1. The highest BCUT2D eigenvalue weighted by Gasteiger charge is 2.10. The van der Waals surface area contributed by atoms with Crippen LogP contribution in [0.15, 0.2) is 23.4 Å². The summed E-state index contributed by atoms with van der Waals surface area (Å²) in [7, 11) is -3.21. The molecule has 1 aromatic rings. The Kier molecular flexibility index (Phi) is 3.82. The van der Waals surface area contributed by atoms with Crippen LogP contribution in [0.1, 0.15) is 31.4 Å². The predicted molar refractivity (Wildman–Crippen MR) is 59.2 cm³/mol. The molecular weight excluding hydrogens is 212 g/mol. The quantitative estimate of drug-likeness (QED) is 0.842. The molecule has 0 aliphatic heterocycles. The largest absolute Gasteiger partial charge is 0.324 e. The van der Waals surface area contributed by atoms with Crippen molar-refractivity contribution in [1.29, 1.82) is 0 Å². The van der Waals surface area contributed by atoms with Gasteiger partial charge in [0.05, 0.1) is 0 Å². The number of hydrogen-bond acceptors (Lipinski definition) is 4. The first kappa shape index (κ1) is 12.1. The van der Waals surface area contributed by atoms with Crippen LogP contribution < -0.4 is 5.73 Å². The van der Waals surface area contributed by atoms with E-state index < -0.39 is 9.84 Å². The van der Waals surface area contributed by atoms with Crippen LogP contribution in [0.5, 0.6) is 0 Å². The first-order chi connectivity index (χ1) is 6.95. The van der Waals surface area contributed by atoms with Gasteiger partial charge in [0.1, 0.15) is 0 Å². The fourth-order valence-corrected chi connectivity index (χ4v) is 1.87. The number of nitrogens with two attached hydrogens (primary N) is 1. The molecule has 4 nitrogen and oxygen atoms in total. The van der Waals surface area contributed by atoms with Gasteiger partial charge < -0.3 is 5.73 Å². The first-order valence-corrected chi connectivity index (χ1v) is 6.76. The van der Waals surface area contributed by atoms with Crippen LogP contribution >= 0.6 is 0 Å². The van der Waals surface area contributed by atoms with Gasteiger partial charge in [-0.1, -0.05) is 19.4 Å². The summed E-state index contributed by atoms with van der Waals surface area (Å²) in [5.41, 5.74) is 6.75. The summed E-state index contributed by atoms with van der Waals surface area (Å²) in [4.78, 5) is 3.89. The summed E-state index contributed by atoms with van der Waals surface area (Å²) >= 11 is 0. The third-order valence-electron chi connectivity index (χ3n) is 2.17. The van der Waals surface area contributed by atoms with E-state index in [1.807, 2.05) is 0 Å². The van der Waals surface area contributed by atoms with Crippen LogP contribution in [0.2, 0.25) is 0 Å². The molecule has 84 valence electrons. The van der Waals surface area contributed by atoms with Gasteiger partial charge >= 0.3 is 0 Å². The van der Waals surface area contributed by atoms with Gasteiger partial charge in [0, 0.05) is 18.5 Å². The molecule has 1 heterocycles. The minimum absolute atomic E-state index is 0.0592. The fourth-order valence-electron chi connectivity index (χ4n) is 1.31. The minimum atomic E-state index is -3.21. The van der Waals surface area contributed by atoms with Crippen LogP contribution in [0.4, 0.5) is 0 Å². The Labute approximate surface area is 90.4 Å². The predicted octanol–water partition coefficient (Wildman–Crippen LogP) is 1.29. The summed E-state index contributed by atoms with van der Waals surface area (Å²) in [6.07, 6.45) is 4.55. The van der Waals surface area contributed by atoms with Gasteiger partial charge in [-0.25, -0.2) is 13.4 Å². The van der Waals surface area contributed by atoms with E-state index in [1.165, 1.54) is 12.3 Å². The molecule has 0 aliphatic carbocycles. The van der Waals surface area contributed by atoms with Crippen LogP contribution in [-0.2, 0) is 9.84 Å². The number of sulfone groups is 1. The normalized spacial score (nSPS) is 13.8. The van der Waals surface area contributed by atoms with Gasteiger partial charge in [-0.3, -0.25) is 0 Å². The minimum Gasteiger partial charge on any atom is -0.324 e. The first-order valence-electron chi connectivity index (χ1n) is 4.86. The van der Waals surface area contributed by atoms with E-state index in [0.717, 1.165) is 24.7 Å². The van der Waals surface area contributed by atoms with Crippen LogP contribution in [-0.4, -0.2) is 19.7 Å².